The molecule has 1 heterocycles. The molecule has 3 heteroatoms. The summed E-state index contributed by atoms with van der Waals surface area (Å²) in [4.78, 5) is 1.97. The molecular formula is C17H14N2S. The highest BCUT2D eigenvalue weighted by atomic mass is 32.1. The van der Waals surface area contributed by atoms with Gasteiger partial charge in [0.05, 0.1) is 0 Å². The second kappa shape index (κ2) is 5.87. The van der Waals surface area contributed by atoms with Crippen LogP contribution in [0.25, 0.3) is 10.8 Å². The number of rotatable bonds is 4. The molecule has 0 radical (unpaired) electrons. The third-order valence-corrected chi connectivity index (χ3v) is 4.26. The summed E-state index contributed by atoms with van der Waals surface area (Å²) >= 11 is 1.55. The van der Waals surface area contributed by atoms with Gasteiger partial charge in [0.25, 0.3) is 0 Å². The lowest BCUT2D eigenvalue weighted by Crippen LogP contribution is -2.11. The minimum atomic E-state index is 0.770. The molecule has 0 spiro atoms. The van der Waals surface area contributed by atoms with Crippen LogP contribution in [0.5, 0.6) is 0 Å². The zero-order chi connectivity index (χ0) is 13.8. The molecule has 1 N–H and O–H groups in total. The number of hydrogen-bond acceptors (Lipinski definition) is 3. The van der Waals surface area contributed by atoms with Crippen LogP contribution in [0.15, 0.2) is 54.6 Å². The van der Waals surface area contributed by atoms with Gasteiger partial charge in [-0.1, -0.05) is 42.5 Å². The molecular weight excluding hydrogens is 264 g/mol. The van der Waals surface area contributed by atoms with Crippen LogP contribution in [0.4, 0.5) is 0 Å². The van der Waals surface area contributed by atoms with Crippen LogP contribution in [0.2, 0.25) is 0 Å². The number of fused-ring (bicyclic) bond motifs is 1. The van der Waals surface area contributed by atoms with Crippen molar-refractivity contribution in [2.45, 2.75) is 13.1 Å². The van der Waals surface area contributed by atoms with Crippen LogP contribution in [-0.4, -0.2) is 0 Å². The van der Waals surface area contributed by atoms with Crippen molar-refractivity contribution < 1.29 is 0 Å². The maximum absolute atomic E-state index is 8.81. The summed E-state index contributed by atoms with van der Waals surface area (Å²) in [5, 5.41) is 14.8. The first kappa shape index (κ1) is 12.9. The summed E-state index contributed by atoms with van der Waals surface area (Å²) in [6.45, 7) is 1.64. The second-order valence-electron chi connectivity index (χ2n) is 4.62. The third-order valence-electron chi connectivity index (χ3n) is 3.27. The fourth-order valence-electron chi connectivity index (χ4n) is 2.30. The van der Waals surface area contributed by atoms with Crippen molar-refractivity contribution in [2.75, 3.05) is 0 Å². The fraction of sp³-hybridized carbons (Fsp3) is 0.118. The highest BCUT2D eigenvalue weighted by Crippen LogP contribution is 2.19. The van der Waals surface area contributed by atoms with E-state index < -0.39 is 0 Å². The Bertz CT molecular complexity index is 763. The Morgan fingerprint density at radius 3 is 2.65 bits per heavy atom. The SMILES string of the molecule is N#Cc1ccc(CNCc2cccc3ccccc23)s1. The van der Waals surface area contributed by atoms with E-state index in [-0.39, 0.29) is 0 Å². The molecule has 98 valence electrons. The van der Waals surface area contributed by atoms with Gasteiger partial charge in [-0.05, 0) is 28.5 Å². The van der Waals surface area contributed by atoms with Gasteiger partial charge < -0.3 is 5.32 Å². The lowest BCUT2D eigenvalue weighted by Gasteiger charge is -2.07. The Morgan fingerprint density at radius 2 is 1.80 bits per heavy atom. The molecule has 0 aliphatic rings. The number of benzene rings is 2. The van der Waals surface area contributed by atoms with Crippen molar-refractivity contribution >= 4 is 22.1 Å². The first-order valence-electron chi connectivity index (χ1n) is 6.53. The van der Waals surface area contributed by atoms with E-state index in [1.165, 1.54) is 21.2 Å². The molecule has 0 unspecified atom stereocenters. The van der Waals surface area contributed by atoms with Gasteiger partial charge in [0.15, 0.2) is 0 Å². The van der Waals surface area contributed by atoms with Gasteiger partial charge in [0.2, 0.25) is 0 Å². The van der Waals surface area contributed by atoms with E-state index in [9.17, 15) is 0 Å². The monoisotopic (exact) mass is 278 g/mol. The molecule has 0 amide bonds. The van der Waals surface area contributed by atoms with E-state index in [1.54, 1.807) is 11.3 Å². The van der Waals surface area contributed by atoms with Crippen LogP contribution >= 0.6 is 11.3 Å². The molecule has 0 saturated carbocycles. The standard InChI is InChI=1S/C17H14N2S/c18-10-15-8-9-16(20-15)12-19-11-14-6-3-5-13-4-1-2-7-17(13)14/h1-9,19H,11-12H2. The Balaban J connectivity index is 1.70. The van der Waals surface area contributed by atoms with Crippen LogP contribution in [0, 0.1) is 11.3 Å². The van der Waals surface area contributed by atoms with Crippen molar-refractivity contribution in [3.63, 3.8) is 0 Å². The molecule has 0 atom stereocenters. The van der Waals surface area contributed by atoms with Crippen LogP contribution in [0.1, 0.15) is 15.3 Å². The molecule has 3 rings (SSSR count). The molecule has 0 fully saturated rings. The Kier molecular flexibility index (Phi) is 3.78. The van der Waals surface area contributed by atoms with E-state index >= 15 is 0 Å². The van der Waals surface area contributed by atoms with Crippen molar-refractivity contribution in [3.8, 4) is 6.07 Å². The quantitative estimate of drug-likeness (QED) is 0.781. The normalized spacial score (nSPS) is 10.6. The predicted octanol–water partition coefficient (Wildman–Crippen LogP) is 4.06. The van der Waals surface area contributed by atoms with E-state index in [1.807, 2.05) is 12.1 Å². The smallest absolute Gasteiger partial charge is 0.110 e. The van der Waals surface area contributed by atoms with Crippen molar-refractivity contribution in [2.24, 2.45) is 0 Å². The number of thiophene rings is 1. The molecule has 3 aromatic rings. The summed E-state index contributed by atoms with van der Waals surface area (Å²) in [6.07, 6.45) is 0. The van der Waals surface area contributed by atoms with Crippen LogP contribution in [0.3, 0.4) is 0 Å². The van der Waals surface area contributed by atoms with E-state index in [0.717, 1.165) is 18.0 Å². The number of nitrogens with one attached hydrogen (secondary N) is 1. The lowest BCUT2D eigenvalue weighted by molar-refractivity contribution is 0.704. The summed E-state index contributed by atoms with van der Waals surface area (Å²) in [5.41, 5.74) is 1.31. The molecule has 2 nitrogen and oxygen atoms in total. The summed E-state index contributed by atoms with van der Waals surface area (Å²) in [5.74, 6) is 0. The maximum Gasteiger partial charge on any atom is 0.110 e. The van der Waals surface area contributed by atoms with Gasteiger partial charge >= 0.3 is 0 Å². The largest absolute Gasteiger partial charge is 0.308 e. The van der Waals surface area contributed by atoms with Crippen molar-refractivity contribution in [1.82, 2.24) is 5.32 Å². The number of nitriles is 1. The van der Waals surface area contributed by atoms with Crippen molar-refractivity contribution in [3.05, 3.63) is 69.9 Å². The molecule has 0 aliphatic heterocycles. The van der Waals surface area contributed by atoms with Gasteiger partial charge in [-0.25, -0.2) is 0 Å². The summed E-state index contributed by atoms with van der Waals surface area (Å²) in [6, 6.07) is 20.9. The molecule has 0 saturated heterocycles. The third kappa shape index (κ3) is 2.72. The molecule has 2 aromatic carbocycles. The minimum Gasteiger partial charge on any atom is -0.308 e. The van der Waals surface area contributed by atoms with Gasteiger partial charge in [-0.15, -0.1) is 11.3 Å². The lowest BCUT2D eigenvalue weighted by atomic mass is 10.0. The number of nitrogens with zero attached hydrogens (tertiary/aromatic N) is 1. The Labute approximate surface area is 122 Å². The summed E-state index contributed by atoms with van der Waals surface area (Å²) in [7, 11) is 0. The second-order valence-corrected chi connectivity index (χ2v) is 5.79. The minimum absolute atomic E-state index is 0.770. The Morgan fingerprint density at radius 1 is 0.950 bits per heavy atom. The average Bonchev–Trinajstić information content (AvgIpc) is 2.95. The highest BCUT2D eigenvalue weighted by Gasteiger charge is 2.01. The molecule has 0 bridgehead atoms. The van der Waals surface area contributed by atoms with Gasteiger partial charge in [0.1, 0.15) is 10.9 Å². The summed E-state index contributed by atoms with van der Waals surface area (Å²) < 4.78 is 0. The molecule has 20 heavy (non-hydrogen) atoms. The van der Waals surface area contributed by atoms with E-state index in [2.05, 4.69) is 53.9 Å². The Hall–Kier alpha value is -2.15. The van der Waals surface area contributed by atoms with E-state index in [0.29, 0.717) is 0 Å². The van der Waals surface area contributed by atoms with Crippen molar-refractivity contribution in [1.29, 1.82) is 5.26 Å². The highest BCUT2D eigenvalue weighted by molar-refractivity contribution is 7.12. The van der Waals surface area contributed by atoms with Crippen LogP contribution in [-0.2, 0) is 13.1 Å². The maximum atomic E-state index is 8.81. The first-order valence-corrected chi connectivity index (χ1v) is 7.34. The first-order chi connectivity index (χ1) is 9.86. The predicted molar refractivity (Wildman–Crippen MR) is 83.5 cm³/mol. The van der Waals surface area contributed by atoms with Gasteiger partial charge in [-0.3, -0.25) is 0 Å². The zero-order valence-electron chi connectivity index (χ0n) is 11.0. The zero-order valence-corrected chi connectivity index (χ0v) is 11.8. The van der Waals surface area contributed by atoms with Gasteiger partial charge in [-0.2, -0.15) is 5.26 Å². The van der Waals surface area contributed by atoms with Crippen LogP contribution < -0.4 is 5.32 Å². The molecule has 1 aromatic heterocycles. The molecule has 0 aliphatic carbocycles. The topological polar surface area (TPSA) is 35.8 Å². The fourth-order valence-corrected chi connectivity index (χ4v) is 3.07. The average molecular weight is 278 g/mol. The number of hydrogen-bond donors (Lipinski definition) is 1. The van der Waals surface area contributed by atoms with E-state index in [4.69, 9.17) is 5.26 Å². The van der Waals surface area contributed by atoms with Gasteiger partial charge in [0, 0.05) is 18.0 Å².